The summed E-state index contributed by atoms with van der Waals surface area (Å²) in [7, 11) is -2.67. The summed E-state index contributed by atoms with van der Waals surface area (Å²) in [4.78, 5) is 24.9. The molecule has 0 aliphatic rings. The normalized spacial score (nSPS) is 11.6. The molecular formula is C20H16N2O5S2. The van der Waals surface area contributed by atoms with Crippen molar-refractivity contribution in [2.45, 2.75) is 11.4 Å². The van der Waals surface area contributed by atoms with Crippen molar-refractivity contribution in [2.75, 3.05) is 0 Å². The molecule has 1 amide bonds. The second-order valence-corrected chi connectivity index (χ2v) is 9.15. The van der Waals surface area contributed by atoms with Gasteiger partial charge in [-0.25, -0.2) is 17.5 Å². The number of aryl methyl sites for hydroxylation is 1. The minimum Gasteiger partial charge on any atom is -0.408 e. The molecule has 9 heteroatoms. The van der Waals surface area contributed by atoms with Gasteiger partial charge >= 0.3 is 5.76 Å². The number of amides is 1. The minimum atomic E-state index is -4.20. The van der Waals surface area contributed by atoms with Crippen molar-refractivity contribution in [3.05, 3.63) is 87.0 Å². The van der Waals surface area contributed by atoms with Crippen LogP contribution in [0.2, 0.25) is 0 Å². The van der Waals surface area contributed by atoms with Gasteiger partial charge in [0.05, 0.1) is 21.8 Å². The van der Waals surface area contributed by atoms with Gasteiger partial charge in [-0.3, -0.25) is 9.36 Å². The van der Waals surface area contributed by atoms with Crippen LogP contribution in [0.25, 0.3) is 11.1 Å². The maximum absolute atomic E-state index is 13.4. The Balaban J connectivity index is 1.81. The lowest BCUT2D eigenvalue weighted by Crippen LogP contribution is -2.36. The minimum absolute atomic E-state index is 0.114. The van der Waals surface area contributed by atoms with Gasteiger partial charge in [-0.1, -0.05) is 36.4 Å². The predicted molar refractivity (Wildman–Crippen MR) is 109 cm³/mol. The number of sulfonamides is 1. The largest absolute Gasteiger partial charge is 0.419 e. The van der Waals surface area contributed by atoms with Gasteiger partial charge in [0.2, 0.25) is 0 Å². The maximum Gasteiger partial charge on any atom is 0.419 e. The van der Waals surface area contributed by atoms with Gasteiger partial charge < -0.3 is 4.42 Å². The highest BCUT2D eigenvalue weighted by Gasteiger charge is 2.31. The second-order valence-electron chi connectivity index (χ2n) is 6.34. The van der Waals surface area contributed by atoms with Crippen LogP contribution in [0.1, 0.15) is 15.2 Å². The summed E-state index contributed by atoms with van der Waals surface area (Å²) >= 11 is 1.17. The zero-order chi connectivity index (χ0) is 20.6. The molecule has 0 unspecified atom stereocenters. The van der Waals surface area contributed by atoms with Crippen LogP contribution in [0, 0.1) is 0 Å². The quantitative estimate of drug-likeness (QED) is 0.487. The first-order valence-electron chi connectivity index (χ1n) is 8.62. The molecular weight excluding hydrogens is 412 g/mol. The number of fused-ring (bicyclic) bond motifs is 1. The van der Waals surface area contributed by atoms with Crippen molar-refractivity contribution < 1.29 is 17.6 Å². The number of oxazole rings is 1. The van der Waals surface area contributed by atoms with E-state index in [-0.39, 0.29) is 17.0 Å². The average molecular weight is 428 g/mol. The molecule has 4 rings (SSSR count). The Morgan fingerprint density at radius 2 is 1.86 bits per heavy atom. The van der Waals surface area contributed by atoms with E-state index >= 15 is 0 Å². The van der Waals surface area contributed by atoms with Crippen molar-refractivity contribution in [3.63, 3.8) is 0 Å². The highest BCUT2D eigenvalue weighted by molar-refractivity contribution is 7.89. The number of rotatable bonds is 5. The molecule has 0 spiro atoms. The summed E-state index contributed by atoms with van der Waals surface area (Å²) < 4.78 is 34.0. The molecule has 0 radical (unpaired) electrons. The van der Waals surface area contributed by atoms with E-state index in [2.05, 4.69) is 0 Å². The smallest absolute Gasteiger partial charge is 0.408 e. The number of carbonyl (C=O) groups is 1. The molecule has 2 aromatic carbocycles. The lowest BCUT2D eigenvalue weighted by atomic mass is 10.2. The van der Waals surface area contributed by atoms with E-state index in [4.69, 9.17) is 4.42 Å². The van der Waals surface area contributed by atoms with Gasteiger partial charge in [0.1, 0.15) is 0 Å². The molecule has 0 N–H and O–H groups in total. The van der Waals surface area contributed by atoms with Crippen molar-refractivity contribution in [2.24, 2.45) is 7.05 Å². The van der Waals surface area contributed by atoms with E-state index in [1.54, 1.807) is 41.8 Å². The first kappa shape index (κ1) is 19.2. The van der Waals surface area contributed by atoms with Gasteiger partial charge in [-0.15, -0.1) is 11.3 Å². The van der Waals surface area contributed by atoms with Gasteiger partial charge in [0.25, 0.3) is 15.9 Å². The van der Waals surface area contributed by atoms with Crippen LogP contribution >= 0.6 is 11.3 Å². The third-order valence-corrected chi connectivity index (χ3v) is 7.06. The van der Waals surface area contributed by atoms with Crippen LogP contribution < -0.4 is 5.76 Å². The Hall–Kier alpha value is -3.17. The first-order chi connectivity index (χ1) is 13.9. The van der Waals surface area contributed by atoms with Gasteiger partial charge in [0.15, 0.2) is 5.58 Å². The van der Waals surface area contributed by atoms with Crippen LogP contribution in [-0.2, 0) is 23.6 Å². The van der Waals surface area contributed by atoms with E-state index in [1.807, 2.05) is 6.07 Å². The molecule has 29 heavy (non-hydrogen) atoms. The monoisotopic (exact) mass is 428 g/mol. The van der Waals surface area contributed by atoms with Gasteiger partial charge in [-0.05, 0) is 29.1 Å². The van der Waals surface area contributed by atoms with Crippen LogP contribution in [0.15, 0.2) is 80.2 Å². The van der Waals surface area contributed by atoms with Crippen LogP contribution in [-0.4, -0.2) is 23.2 Å². The number of hydrogen-bond donors (Lipinski definition) is 0. The van der Waals surface area contributed by atoms with Crippen molar-refractivity contribution >= 4 is 38.4 Å². The summed E-state index contributed by atoms with van der Waals surface area (Å²) in [6, 6.07) is 16.3. The number of thiophene rings is 1. The van der Waals surface area contributed by atoms with E-state index in [9.17, 15) is 18.0 Å². The lowest BCUT2D eigenvalue weighted by Gasteiger charge is -2.22. The molecule has 2 heterocycles. The SMILES string of the molecule is Cn1c(=O)oc2cc(S(=O)(=O)N(Cc3ccccc3)C(=O)c3cccs3)ccc21. The van der Waals surface area contributed by atoms with Gasteiger partial charge in [0, 0.05) is 13.1 Å². The Kier molecular flexibility index (Phi) is 4.85. The van der Waals surface area contributed by atoms with Crippen molar-refractivity contribution in [1.82, 2.24) is 8.87 Å². The maximum atomic E-state index is 13.4. The van der Waals surface area contributed by atoms with Crippen LogP contribution in [0.5, 0.6) is 0 Å². The molecule has 0 bridgehead atoms. The van der Waals surface area contributed by atoms with Crippen LogP contribution in [0.4, 0.5) is 0 Å². The average Bonchev–Trinajstić information content (AvgIpc) is 3.35. The van der Waals surface area contributed by atoms with Crippen molar-refractivity contribution in [1.29, 1.82) is 0 Å². The fraction of sp³-hybridized carbons (Fsp3) is 0.100. The molecule has 0 saturated carbocycles. The standard InChI is InChI=1S/C20H16N2O5S2/c1-21-16-10-9-15(12-17(16)27-20(21)24)29(25,26)22(13-14-6-3-2-4-7-14)19(23)18-8-5-11-28-18/h2-12H,13H2,1H3. The summed E-state index contributed by atoms with van der Waals surface area (Å²) in [5.41, 5.74) is 1.28. The highest BCUT2D eigenvalue weighted by atomic mass is 32.2. The number of hydrogen-bond acceptors (Lipinski definition) is 6. The molecule has 0 fully saturated rings. The molecule has 0 atom stereocenters. The molecule has 148 valence electrons. The molecule has 0 aliphatic carbocycles. The van der Waals surface area contributed by atoms with Crippen LogP contribution in [0.3, 0.4) is 0 Å². The van der Waals surface area contributed by atoms with E-state index in [1.165, 1.54) is 41.2 Å². The fourth-order valence-corrected chi connectivity index (χ4v) is 5.06. The number of carbonyl (C=O) groups excluding carboxylic acids is 1. The zero-order valence-electron chi connectivity index (χ0n) is 15.3. The molecule has 7 nitrogen and oxygen atoms in total. The molecule has 4 aromatic rings. The van der Waals surface area contributed by atoms with E-state index < -0.39 is 21.7 Å². The summed E-state index contributed by atoms with van der Waals surface area (Å²) in [6.07, 6.45) is 0. The number of benzene rings is 2. The first-order valence-corrected chi connectivity index (χ1v) is 10.9. The number of aromatic nitrogens is 1. The fourth-order valence-electron chi connectivity index (χ4n) is 2.94. The summed E-state index contributed by atoms with van der Waals surface area (Å²) in [5.74, 6) is -1.20. The molecule has 2 aromatic heterocycles. The third-order valence-electron chi connectivity index (χ3n) is 4.48. The number of nitrogens with zero attached hydrogens (tertiary/aromatic N) is 2. The van der Waals surface area contributed by atoms with Crippen molar-refractivity contribution in [3.8, 4) is 0 Å². The molecule has 0 saturated heterocycles. The Labute approximate surface area is 170 Å². The van der Waals surface area contributed by atoms with E-state index in [0.717, 1.165) is 4.31 Å². The summed E-state index contributed by atoms with van der Waals surface area (Å²) in [6.45, 7) is -0.114. The lowest BCUT2D eigenvalue weighted by molar-refractivity contribution is 0.0859. The Morgan fingerprint density at radius 1 is 1.10 bits per heavy atom. The Bertz CT molecular complexity index is 1340. The Morgan fingerprint density at radius 3 is 2.55 bits per heavy atom. The highest BCUT2D eigenvalue weighted by Crippen LogP contribution is 2.25. The second kappa shape index (κ2) is 7.34. The third kappa shape index (κ3) is 3.50. The van der Waals surface area contributed by atoms with E-state index in [0.29, 0.717) is 16.0 Å². The predicted octanol–water partition coefficient (Wildman–Crippen LogP) is 3.22. The zero-order valence-corrected chi connectivity index (χ0v) is 16.9. The summed E-state index contributed by atoms with van der Waals surface area (Å²) in [5, 5.41) is 1.71. The van der Waals surface area contributed by atoms with Gasteiger partial charge in [-0.2, -0.15) is 0 Å². The topological polar surface area (TPSA) is 89.6 Å². The molecule has 0 aliphatic heterocycles.